The monoisotopic (exact) mass is 209 g/mol. The minimum atomic E-state index is -0.114. The highest BCUT2D eigenvalue weighted by molar-refractivity contribution is 5.34. The zero-order chi connectivity index (χ0) is 10.7. The van der Waals surface area contributed by atoms with Crippen molar-refractivity contribution in [3.05, 3.63) is 22.2 Å². The van der Waals surface area contributed by atoms with Crippen LogP contribution in [0.2, 0.25) is 0 Å². The topological polar surface area (TPSA) is 67.0 Å². The van der Waals surface area contributed by atoms with E-state index in [1.165, 1.54) is 6.07 Å². The molecule has 0 saturated carbocycles. The molecule has 1 saturated heterocycles. The summed E-state index contributed by atoms with van der Waals surface area (Å²) in [4.78, 5) is 18.0. The lowest BCUT2D eigenvalue weighted by atomic mass is 10.1. The second kappa shape index (κ2) is 4.44. The molecule has 0 atom stereocenters. The third-order valence-corrected chi connectivity index (χ3v) is 2.43. The van der Waals surface area contributed by atoms with Gasteiger partial charge in [0, 0.05) is 25.3 Å². The molecule has 1 fully saturated rings. The smallest absolute Gasteiger partial charge is 0.252 e. The first kappa shape index (κ1) is 10.2. The maximum Gasteiger partial charge on any atom is 0.252 e. The highest BCUT2D eigenvalue weighted by Crippen LogP contribution is 2.11. The van der Waals surface area contributed by atoms with Crippen LogP contribution in [0.1, 0.15) is 18.7 Å². The van der Waals surface area contributed by atoms with Crippen molar-refractivity contribution in [1.82, 2.24) is 9.97 Å². The Hall–Kier alpha value is -1.36. The standard InChI is InChI=1S/C10H15N3O2/c1-7-11-9(6-10(14)12-7)13-8-2-4-15-5-3-8/h6,8H,2-5H2,1H3,(H2,11,12,13,14). The van der Waals surface area contributed by atoms with Crippen LogP contribution in [0.3, 0.4) is 0 Å². The van der Waals surface area contributed by atoms with Gasteiger partial charge in [0.15, 0.2) is 0 Å². The van der Waals surface area contributed by atoms with E-state index in [-0.39, 0.29) is 5.56 Å². The van der Waals surface area contributed by atoms with Crippen molar-refractivity contribution >= 4 is 5.82 Å². The van der Waals surface area contributed by atoms with E-state index in [0.717, 1.165) is 26.1 Å². The summed E-state index contributed by atoms with van der Waals surface area (Å²) in [5, 5.41) is 3.25. The van der Waals surface area contributed by atoms with E-state index in [2.05, 4.69) is 15.3 Å². The van der Waals surface area contributed by atoms with Crippen molar-refractivity contribution in [3.63, 3.8) is 0 Å². The van der Waals surface area contributed by atoms with E-state index in [4.69, 9.17) is 4.74 Å². The molecular weight excluding hydrogens is 194 g/mol. The molecule has 2 heterocycles. The summed E-state index contributed by atoms with van der Waals surface area (Å²) in [6, 6.07) is 1.86. The van der Waals surface area contributed by atoms with Crippen LogP contribution >= 0.6 is 0 Å². The van der Waals surface area contributed by atoms with Crippen molar-refractivity contribution in [2.75, 3.05) is 18.5 Å². The number of hydrogen-bond acceptors (Lipinski definition) is 4. The molecule has 2 N–H and O–H groups in total. The first-order chi connectivity index (χ1) is 7.24. The van der Waals surface area contributed by atoms with Crippen LogP contribution < -0.4 is 10.9 Å². The van der Waals surface area contributed by atoms with Gasteiger partial charge < -0.3 is 15.0 Å². The van der Waals surface area contributed by atoms with Crippen LogP contribution in [0.4, 0.5) is 5.82 Å². The van der Waals surface area contributed by atoms with Gasteiger partial charge in [0.05, 0.1) is 0 Å². The molecule has 1 aliphatic rings. The van der Waals surface area contributed by atoms with Gasteiger partial charge in [0.25, 0.3) is 5.56 Å². The molecule has 0 unspecified atom stereocenters. The van der Waals surface area contributed by atoms with Crippen molar-refractivity contribution in [3.8, 4) is 0 Å². The number of nitrogens with zero attached hydrogens (tertiary/aromatic N) is 1. The van der Waals surface area contributed by atoms with Crippen LogP contribution in [0.5, 0.6) is 0 Å². The molecule has 82 valence electrons. The molecule has 0 spiro atoms. The number of ether oxygens (including phenoxy) is 1. The molecule has 5 nitrogen and oxygen atoms in total. The molecule has 1 aliphatic heterocycles. The average molecular weight is 209 g/mol. The fourth-order valence-electron chi connectivity index (χ4n) is 1.70. The van der Waals surface area contributed by atoms with E-state index in [0.29, 0.717) is 17.7 Å². The van der Waals surface area contributed by atoms with Gasteiger partial charge in [-0.2, -0.15) is 0 Å². The Morgan fingerprint density at radius 1 is 1.53 bits per heavy atom. The summed E-state index contributed by atoms with van der Waals surface area (Å²) in [7, 11) is 0. The molecule has 0 bridgehead atoms. The average Bonchev–Trinajstić information content (AvgIpc) is 2.17. The minimum Gasteiger partial charge on any atom is -0.381 e. The largest absolute Gasteiger partial charge is 0.381 e. The summed E-state index contributed by atoms with van der Waals surface area (Å²) in [6.45, 7) is 3.33. The van der Waals surface area contributed by atoms with Gasteiger partial charge in [-0.3, -0.25) is 4.79 Å². The predicted octanol–water partition coefficient (Wildman–Crippen LogP) is 0.669. The fourth-order valence-corrected chi connectivity index (χ4v) is 1.70. The lowest BCUT2D eigenvalue weighted by Crippen LogP contribution is -2.29. The van der Waals surface area contributed by atoms with E-state index in [1.54, 1.807) is 6.92 Å². The fraction of sp³-hybridized carbons (Fsp3) is 0.600. The first-order valence-corrected chi connectivity index (χ1v) is 5.16. The molecule has 0 aliphatic carbocycles. The summed E-state index contributed by atoms with van der Waals surface area (Å²) in [5.74, 6) is 1.29. The second-order valence-corrected chi connectivity index (χ2v) is 3.75. The number of nitrogens with one attached hydrogen (secondary N) is 2. The Balaban J connectivity index is 2.06. The maximum atomic E-state index is 11.2. The summed E-state index contributed by atoms with van der Waals surface area (Å²) < 4.78 is 5.26. The normalized spacial score (nSPS) is 17.7. The molecule has 1 aromatic heterocycles. The van der Waals surface area contributed by atoms with E-state index in [9.17, 15) is 4.79 Å². The van der Waals surface area contributed by atoms with Gasteiger partial charge in [0.2, 0.25) is 0 Å². The van der Waals surface area contributed by atoms with Crippen molar-refractivity contribution in [2.24, 2.45) is 0 Å². The van der Waals surface area contributed by atoms with Crippen LogP contribution in [0, 0.1) is 6.92 Å². The molecule has 0 amide bonds. The number of rotatable bonds is 2. The van der Waals surface area contributed by atoms with E-state index >= 15 is 0 Å². The zero-order valence-corrected chi connectivity index (χ0v) is 8.75. The van der Waals surface area contributed by atoms with Crippen LogP contribution in [0.25, 0.3) is 0 Å². The van der Waals surface area contributed by atoms with Gasteiger partial charge in [-0.15, -0.1) is 0 Å². The third-order valence-electron chi connectivity index (χ3n) is 2.43. The summed E-state index contributed by atoms with van der Waals surface area (Å²) in [6.07, 6.45) is 1.93. The Morgan fingerprint density at radius 3 is 2.93 bits per heavy atom. The zero-order valence-electron chi connectivity index (χ0n) is 8.75. The second-order valence-electron chi connectivity index (χ2n) is 3.75. The Labute approximate surface area is 87.9 Å². The van der Waals surface area contributed by atoms with Crippen molar-refractivity contribution in [2.45, 2.75) is 25.8 Å². The number of aromatic nitrogens is 2. The lowest BCUT2D eigenvalue weighted by Gasteiger charge is -2.23. The van der Waals surface area contributed by atoms with Gasteiger partial charge in [0.1, 0.15) is 11.6 Å². The van der Waals surface area contributed by atoms with Gasteiger partial charge in [-0.1, -0.05) is 0 Å². The summed E-state index contributed by atoms with van der Waals surface area (Å²) >= 11 is 0. The Bertz CT molecular complexity index is 382. The maximum absolute atomic E-state index is 11.2. The SMILES string of the molecule is Cc1nc(NC2CCOCC2)cc(=O)[nH]1. The molecule has 15 heavy (non-hydrogen) atoms. The van der Waals surface area contributed by atoms with Gasteiger partial charge in [-0.25, -0.2) is 4.98 Å². The number of hydrogen-bond donors (Lipinski definition) is 2. The molecule has 2 rings (SSSR count). The van der Waals surface area contributed by atoms with E-state index < -0.39 is 0 Å². The van der Waals surface area contributed by atoms with Crippen LogP contribution in [-0.2, 0) is 4.74 Å². The number of H-pyrrole nitrogens is 1. The van der Waals surface area contributed by atoms with E-state index in [1.807, 2.05) is 0 Å². The van der Waals surface area contributed by atoms with Crippen molar-refractivity contribution < 1.29 is 4.74 Å². The molecule has 0 radical (unpaired) electrons. The predicted molar refractivity (Wildman–Crippen MR) is 57.1 cm³/mol. The molecular formula is C10H15N3O2. The molecule has 1 aromatic rings. The van der Waals surface area contributed by atoms with Crippen molar-refractivity contribution in [1.29, 1.82) is 0 Å². The number of anilines is 1. The highest BCUT2D eigenvalue weighted by atomic mass is 16.5. The lowest BCUT2D eigenvalue weighted by molar-refractivity contribution is 0.0904. The summed E-state index contributed by atoms with van der Waals surface area (Å²) in [5.41, 5.74) is -0.114. The van der Waals surface area contributed by atoms with Crippen LogP contribution in [0.15, 0.2) is 10.9 Å². The number of aryl methyl sites for hydroxylation is 1. The van der Waals surface area contributed by atoms with Crippen LogP contribution in [-0.4, -0.2) is 29.2 Å². The third kappa shape index (κ3) is 2.79. The van der Waals surface area contributed by atoms with Gasteiger partial charge in [-0.05, 0) is 19.8 Å². The molecule has 0 aromatic carbocycles. The van der Waals surface area contributed by atoms with Gasteiger partial charge >= 0.3 is 0 Å². The Morgan fingerprint density at radius 2 is 2.27 bits per heavy atom. The first-order valence-electron chi connectivity index (χ1n) is 5.16. The number of aromatic amines is 1. The minimum absolute atomic E-state index is 0.114. The Kier molecular flexibility index (Phi) is 3.01. The highest BCUT2D eigenvalue weighted by Gasteiger charge is 2.13. The quantitative estimate of drug-likeness (QED) is 0.751. The molecule has 5 heteroatoms.